The number of likely N-dealkylation sites (tertiary alicyclic amines) is 1. The van der Waals surface area contributed by atoms with E-state index in [1.165, 1.54) is 12.8 Å². The van der Waals surface area contributed by atoms with E-state index in [1.54, 1.807) is 0 Å². The molecule has 1 fully saturated rings. The number of carbonyl (C=O) groups is 1. The van der Waals surface area contributed by atoms with Gasteiger partial charge in [0.15, 0.2) is 5.96 Å². The topological polar surface area (TPSA) is 56.7 Å². The second kappa shape index (κ2) is 8.41. The zero-order valence-electron chi connectivity index (χ0n) is 13.5. The molecule has 2 N–H and O–H groups in total. The molecule has 0 radical (unpaired) electrons. The van der Waals surface area contributed by atoms with Crippen molar-refractivity contribution in [2.45, 2.75) is 19.8 Å². The maximum atomic E-state index is 11.9. The van der Waals surface area contributed by atoms with Crippen molar-refractivity contribution >= 4 is 11.9 Å². The highest BCUT2D eigenvalue weighted by atomic mass is 16.1. The Morgan fingerprint density at radius 2 is 2.00 bits per heavy atom. The fourth-order valence-electron chi connectivity index (χ4n) is 2.76. The lowest BCUT2D eigenvalue weighted by atomic mass is 10.0. The number of hydrogen-bond acceptors (Lipinski definition) is 2. The standard InChI is InChI=1S/C17H26N4O/c1-14-7-6-12-21(13-14)17(18-2)20-11-10-19-16(22)15-8-4-3-5-9-15/h3-5,8-9,14H,6-7,10-13H2,1-2H3,(H,18,20)(H,19,22). The van der Waals surface area contributed by atoms with Crippen molar-refractivity contribution in [3.05, 3.63) is 35.9 Å². The summed E-state index contributed by atoms with van der Waals surface area (Å²) in [5, 5.41) is 6.24. The number of guanidine groups is 1. The third-order valence-corrected chi connectivity index (χ3v) is 3.90. The lowest BCUT2D eigenvalue weighted by Crippen LogP contribution is -2.47. The molecule has 0 aromatic heterocycles. The SMILES string of the molecule is CN=C(NCCNC(=O)c1ccccc1)N1CCCC(C)C1. The molecule has 1 heterocycles. The minimum Gasteiger partial charge on any atom is -0.354 e. The van der Waals surface area contributed by atoms with E-state index in [1.807, 2.05) is 37.4 Å². The molecule has 22 heavy (non-hydrogen) atoms. The minimum atomic E-state index is -0.0380. The van der Waals surface area contributed by atoms with Crippen molar-refractivity contribution in [2.24, 2.45) is 10.9 Å². The molecule has 0 bridgehead atoms. The van der Waals surface area contributed by atoms with Gasteiger partial charge >= 0.3 is 0 Å². The highest BCUT2D eigenvalue weighted by Crippen LogP contribution is 2.15. The summed E-state index contributed by atoms with van der Waals surface area (Å²) in [4.78, 5) is 18.6. The summed E-state index contributed by atoms with van der Waals surface area (Å²) in [6.07, 6.45) is 2.51. The number of nitrogens with one attached hydrogen (secondary N) is 2. The molecule has 1 atom stereocenters. The van der Waals surface area contributed by atoms with Gasteiger partial charge < -0.3 is 15.5 Å². The molecule has 1 aromatic rings. The Kier molecular flexibility index (Phi) is 6.25. The fraction of sp³-hybridized carbons (Fsp3) is 0.529. The van der Waals surface area contributed by atoms with E-state index in [4.69, 9.17) is 0 Å². The second-order valence-corrected chi connectivity index (χ2v) is 5.79. The minimum absolute atomic E-state index is 0.0380. The molecule has 5 nitrogen and oxygen atoms in total. The first-order valence-electron chi connectivity index (χ1n) is 7.99. The van der Waals surface area contributed by atoms with Crippen molar-refractivity contribution in [1.29, 1.82) is 0 Å². The third kappa shape index (κ3) is 4.76. The maximum Gasteiger partial charge on any atom is 0.251 e. The lowest BCUT2D eigenvalue weighted by molar-refractivity contribution is 0.0954. The Labute approximate surface area is 132 Å². The van der Waals surface area contributed by atoms with Gasteiger partial charge in [-0.3, -0.25) is 9.79 Å². The molecule has 1 unspecified atom stereocenters. The number of benzene rings is 1. The molecule has 1 saturated heterocycles. The van der Waals surface area contributed by atoms with Gasteiger partial charge in [-0.1, -0.05) is 25.1 Å². The van der Waals surface area contributed by atoms with Crippen LogP contribution in [0.5, 0.6) is 0 Å². The van der Waals surface area contributed by atoms with E-state index >= 15 is 0 Å². The van der Waals surface area contributed by atoms with Gasteiger partial charge in [0.05, 0.1) is 0 Å². The molecule has 2 rings (SSSR count). The molecule has 0 spiro atoms. The summed E-state index contributed by atoms with van der Waals surface area (Å²) in [5.74, 6) is 1.61. The highest BCUT2D eigenvalue weighted by Gasteiger charge is 2.18. The third-order valence-electron chi connectivity index (χ3n) is 3.90. The Hall–Kier alpha value is -2.04. The molecule has 1 aliphatic heterocycles. The Balaban J connectivity index is 1.72. The monoisotopic (exact) mass is 302 g/mol. The molecule has 1 aromatic carbocycles. The fourth-order valence-corrected chi connectivity index (χ4v) is 2.76. The van der Waals surface area contributed by atoms with Gasteiger partial charge in [0.2, 0.25) is 0 Å². The average molecular weight is 302 g/mol. The molecular weight excluding hydrogens is 276 g/mol. The predicted octanol–water partition coefficient (Wildman–Crippen LogP) is 1.72. The van der Waals surface area contributed by atoms with Crippen LogP contribution in [-0.4, -0.2) is 50.0 Å². The van der Waals surface area contributed by atoms with E-state index in [-0.39, 0.29) is 5.91 Å². The van der Waals surface area contributed by atoms with Gasteiger partial charge in [0.1, 0.15) is 0 Å². The van der Waals surface area contributed by atoms with Crippen molar-refractivity contribution in [2.75, 3.05) is 33.2 Å². The molecule has 1 amide bonds. The first kappa shape index (κ1) is 16.3. The summed E-state index contributed by atoms with van der Waals surface area (Å²) >= 11 is 0. The van der Waals surface area contributed by atoms with Gasteiger partial charge in [0.25, 0.3) is 5.91 Å². The first-order chi connectivity index (χ1) is 10.7. The number of aliphatic imine (C=N–C) groups is 1. The van der Waals surface area contributed by atoms with Gasteiger partial charge in [-0.25, -0.2) is 0 Å². The van der Waals surface area contributed by atoms with Gasteiger partial charge in [-0.05, 0) is 30.9 Å². The molecule has 0 saturated carbocycles. The predicted molar refractivity (Wildman–Crippen MR) is 90.1 cm³/mol. The van der Waals surface area contributed by atoms with Crippen molar-refractivity contribution in [1.82, 2.24) is 15.5 Å². The van der Waals surface area contributed by atoms with E-state index in [2.05, 4.69) is 27.4 Å². The lowest BCUT2D eigenvalue weighted by Gasteiger charge is -2.33. The highest BCUT2D eigenvalue weighted by molar-refractivity contribution is 5.94. The van der Waals surface area contributed by atoms with Crippen LogP contribution in [0.3, 0.4) is 0 Å². The van der Waals surface area contributed by atoms with E-state index in [0.717, 1.165) is 19.0 Å². The van der Waals surface area contributed by atoms with Crippen LogP contribution in [0.1, 0.15) is 30.1 Å². The maximum absolute atomic E-state index is 11.9. The molecule has 1 aliphatic rings. The molecule has 0 aliphatic carbocycles. The molecular formula is C17H26N4O. The van der Waals surface area contributed by atoms with E-state index in [0.29, 0.717) is 24.6 Å². The normalized spacial score (nSPS) is 18.9. The van der Waals surface area contributed by atoms with Gasteiger partial charge in [-0.2, -0.15) is 0 Å². The smallest absolute Gasteiger partial charge is 0.251 e. The summed E-state index contributed by atoms with van der Waals surface area (Å²) in [6, 6.07) is 9.27. The van der Waals surface area contributed by atoms with Crippen LogP contribution in [0.2, 0.25) is 0 Å². The number of hydrogen-bond donors (Lipinski definition) is 2. The van der Waals surface area contributed by atoms with Crippen molar-refractivity contribution in [3.8, 4) is 0 Å². The summed E-state index contributed by atoms with van der Waals surface area (Å²) in [5.41, 5.74) is 0.691. The first-order valence-corrected chi connectivity index (χ1v) is 7.99. The number of rotatable bonds is 4. The summed E-state index contributed by atoms with van der Waals surface area (Å²) in [6.45, 7) is 5.64. The number of nitrogens with zero attached hydrogens (tertiary/aromatic N) is 2. The van der Waals surface area contributed by atoms with Crippen molar-refractivity contribution in [3.63, 3.8) is 0 Å². The largest absolute Gasteiger partial charge is 0.354 e. The van der Waals surface area contributed by atoms with Crippen LogP contribution >= 0.6 is 0 Å². The second-order valence-electron chi connectivity index (χ2n) is 5.79. The summed E-state index contributed by atoms with van der Waals surface area (Å²) < 4.78 is 0. The van der Waals surface area contributed by atoms with Crippen LogP contribution in [0.25, 0.3) is 0 Å². The quantitative estimate of drug-likeness (QED) is 0.506. The van der Waals surface area contributed by atoms with Gasteiger partial charge in [-0.15, -0.1) is 0 Å². The number of piperidine rings is 1. The van der Waals surface area contributed by atoms with E-state index in [9.17, 15) is 4.79 Å². The van der Waals surface area contributed by atoms with Crippen LogP contribution < -0.4 is 10.6 Å². The number of amides is 1. The van der Waals surface area contributed by atoms with Crippen LogP contribution in [0.15, 0.2) is 35.3 Å². The molecule has 5 heteroatoms. The summed E-state index contributed by atoms with van der Waals surface area (Å²) in [7, 11) is 1.81. The number of carbonyl (C=O) groups excluding carboxylic acids is 1. The van der Waals surface area contributed by atoms with Crippen molar-refractivity contribution < 1.29 is 4.79 Å². The molecule has 120 valence electrons. The zero-order chi connectivity index (χ0) is 15.8. The Morgan fingerprint density at radius 3 is 2.68 bits per heavy atom. The van der Waals surface area contributed by atoms with Crippen LogP contribution in [0.4, 0.5) is 0 Å². The Morgan fingerprint density at radius 1 is 1.27 bits per heavy atom. The van der Waals surface area contributed by atoms with E-state index < -0.39 is 0 Å². The van der Waals surface area contributed by atoms with Crippen LogP contribution in [0, 0.1) is 5.92 Å². The Bertz CT molecular complexity index is 501. The van der Waals surface area contributed by atoms with Crippen LogP contribution in [-0.2, 0) is 0 Å². The zero-order valence-corrected chi connectivity index (χ0v) is 13.5. The average Bonchev–Trinajstić information content (AvgIpc) is 2.55. The van der Waals surface area contributed by atoms with Gasteiger partial charge in [0, 0.05) is 38.8 Å².